The van der Waals surface area contributed by atoms with Gasteiger partial charge in [-0.1, -0.05) is 12.1 Å². The fourth-order valence-corrected chi connectivity index (χ4v) is 2.02. The van der Waals surface area contributed by atoms with E-state index in [4.69, 9.17) is 11.6 Å². The standard InChI is InChI=1S/C13H15ClN2O/c1-16-12-7-3-2-6-11(12)15-13(16)9-10(17)5-4-8-14/h2-3,6-7H,4-5,8-9H2,1H3. The van der Waals surface area contributed by atoms with Crippen LogP contribution in [-0.2, 0) is 18.3 Å². The van der Waals surface area contributed by atoms with Crippen molar-refractivity contribution in [2.24, 2.45) is 7.05 Å². The van der Waals surface area contributed by atoms with Gasteiger partial charge >= 0.3 is 0 Å². The second-order valence-corrected chi connectivity index (χ2v) is 4.46. The second kappa shape index (κ2) is 5.32. The first-order valence-corrected chi connectivity index (χ1v) is 6.24. The van der Waals surface area contributed by atoms with Crippen LogP contribution in [0.2, 0.25) is 0 Å². The maximum atomic E-state index is 11.7. The van der Waals surface area contributed by atoms with Gasteiger partial charge in [0.05, 0.1) is 17.5 Å². The molecule has 0 unspecified atom stereocenters. The SMILES string of the molecule is Cn1c(CC(=O)CCCCl)nc2ccccc21. The second-order valence-electron chi connectivity index (χ2n) is 4.08. The Bertz CT molecular complexity index is 533. The maximum absolute atomic E-state index is 11.7. The minimum atomic E-state index is 0.198. The van der Waals surface area contributed by atoms with E-state index in [0.717, 1.165) is 23.3 Å². The number of hydrogen-bond acceptors (Lipinski definition) is 2. The summed E-state index contributed by atoms with van der Waals surface area (Å²) in [6.45, 7) is 0. The van der Waals surface area contributed by atoms with E-state index in [9.17, 15) is 4.79 Å². The van der Waals surface area contributed by atoms with Crippen LogP contribution in [0.3, 0.4) is 0 Å². The van der Waals surface area contributed by atoms with Crippen molar-refractivity contribution in [1.82, 2.24) is 9.55 Å². The quantitative estimate of drug-likeness (QED) is 0.765. The lowest BCUT2D eigenvalue weighted by Gasteiger charge is -2.01. The highest BCUT2D eigenvalue weighted by Gasteiger charge is 2.10. The Hall–Kier alpha value is -1.35. The van der Waals surface area contributed by atoms with Crippen molar-refractivity contribution in [1.29, 1.82) is 0 Å². The molecule has 0 saturated heterocycles. The van der Waals surface area contributed by atoms with Crippen LogP contribution in [0, 0.1) is 0 Å². The first-order chi connectivity index (χ1) is 8.22. The highest BCUT2D eigenvalue weighted by molar-refractivity contribution is 6.17. The lowest BCUT2D eigenvalue weighted by atomic mass is 10.2. The molecule has 0 aliphatic rings. The number of imidazole rings is 1. The molecule has 3 nitrogen and oxygen atoms in total. The molecule has 1 aromatic heterocycles. The summed E-state index contributed by atoms with van der Waals surface area (Å²) in [4.78, 5) is 16.2. The van der Waals surface area contributed by atoms with Crippen molar-refractivity contribution in [3.05, 3.63) is 30.1 Å². The summed E-state index contributed by atoms with van der Waals surface area (Å²) in [7, 11) is 1.94. The zero-order valence-corrected chi connectivity index (χ0v) is 10.6. The molecular formula is C13H15ClN2O. The molecule has 0 radical (unpaired) electrons. The van der Waals surface area contributed by atoms with Crippen LogP contribution in [0.25, 0.3) is 11.0 Å². The fraction of sp³-hybridized carbons (Fsp3) is 0.385. The molecule has 2 aromatic rings. The van der Waals surface area contributed by atoms with Gasteiger partial charge < -0.3 is 4.57 Å². The Morgan fingerprint density at radius 1 is 1.41 bits per heavy atom. The molecule has 2 rings (SSSR count). The van der Waals surface area contributed by atoms with Crippen molar-refractivity contribution in [2.45, 2.75) is 19.3 Å². The smallest absolute Gasteiger partial charge is 0.140 e. The van der Waals surface area contributed by atoms with E-state index in [2.05, 4.69) is 4.98 Å². The fourth-order valence-electron chi connectivity index (χ4n) is 1.88. The lowest BCUT2D eigenvalue weighted by Crippen LogP contribution is -2.07. The Labute approximate surface area is 105 Å². The van der Waals surface area contributed by atoms with Gasteiger partial charge in [0.2, 0.25) is 0 Å². The van der Waals surface area contributed by atoms with Gasteiger partial charge in [-0.3, -0.25) is 4.79 Å². The van der Waals surface area contributed by atoms with Crippen LogP contribution >= 0.6 is 11.6 Å². The molecule has 1 aromatic carbocycles. The number of rotatable bonds is 5. The zero-order valence-electron chi connectivity index (χ0n) is 9.82. The number of carbonyl (C=O) groups excluding carboxylic acids is 1. The molecule has 0 amide bonds. The number of fused-ring (bicyclic) bond motifs is 1. The Morgan fingerprint density at radius 2 is 2.18 bits per heavy atom. The molecule has 0 fully saturated rings. The largest absolute Gasteiger partial charge is 0.331 e. The summed E-state index contributed by atoms with van der Waals surface area (Å²) < 4.78 is 1.98. The Balaban J connectivity index is 2.19. The number of para-hydroxylation sites is 2. The van der Waals surface area contributed by atoms with Gasteiger partial charge in [-0.15, -0.1) is 11.6 Å². The van der Waals surface area contributed by atoms with E-state index >= 15 is 0 Å². The van der Waals surface area contributed by atoms with Gasteiger partial charge in [0.25, 0.3) is 0 Å². The minimum Gasteiger partial charge on any atom is -0.331 e. The van der Waals surface area contributed by atoms with Crippen molar-refractivity contribution in [3.8, 4) is 0 Å². The highest BCUT2D eigenvalue weighted by Crippen LogP contribution is 2.15. The summed E-state index contributed by atoms with van der Waals surface area (Å²) in [6, 6.07) is 7.90. The maximum Gasteiger partial charge on any atom is 0.140 e. The number of Topliss-reactive ketones (excluding diaryl/α,β-unsaturated/α-hetero) is 1. The van der Waals surface area contributed by atoms with Crippen molar-refractivity contribution in [3.63, 3.8) is 0 Å². The number of alkyl halides is 1. The molecule has 17 heavy (non-hydrogen) atoms. The van der Waals surface area contributed by atoms with E-state index < -0.39 is 0 Å². The van der Waals surface area contributed by atoms with Crippen molar-refractivity contribution < 1.29 is 4.79 Å². The number of halogens is 1. The van der Waals surface area contributed by atoms with E-state index in [1.165, 1.54) is 0 Å². The predicted molar refractivity (Wildman–Crippen MR) is 69.4 cm³/mol. The molecule has 0 spiro atoms. The van der Waals surface area contributed by atoms with E-state index in [0.29, 0.717) is 18.7 Å². The third-order valence-corrected chi connectivity index (χ3v) is 3.09. The van der Waals surface area contributed by atoms with Gasteiger partial charge in [-0.05, 0) is 18.6 Å². The summed E-state index contributed by atoms with van der Waals surface area (Å²) in [5, 5.41) is 0. The first kappa shape index (κ1) is 12.1. The molecule has 0 aliphatic carbocycles. The zero-order chi connectivity index (χ0) is 12.3. The summed E-state index contributed by atoms with van der Waals surface area (Å²) in [5.74, 6) is 1.56. The number of ketones is 1. The molecule has 1 heterocycles. The van der Waals surface area contributed by atoms with Crippen LogP contribution in [0.15, 0.2) is 24.3 Å². The number of aryl methyl sites for hydroxylation is 1. The number of aromatic nitrogens is 2. The van der Waals surface area contributed by atoms with Crippen LogP contribution in [0.1, 0.15) is 18.7 Å². The minimum absolute atomic E-state index is 0.198. The van der Waals surface area contributed by atoms with Crippen molar-refractivity contribution in [2.75, 3.05) is 5.88 Å². The predicted octanol–water partition coefficient (Wildman–Crippen LogP) is 2.70. The van der Waals surface area contributed by atoms with Crippen molar-refractivity contribution >= 4 is 28.4 Å². The molecule has 0 atom stereocenters. The Morgan fingerprint density at radius 3 is 2.88 bits per heavy atom. The van der Waals surface area contributed by atoms with Gasteiger partial charge in [-0.25, -0.2) is 4.98 Å². The van der Waals surface area contributed by atoms with Crippen LogP contribution in [0.5, 0.6) is 0 Å². The average Bonchev–Trinajstić information content (AvgIpc) is 2.64. The normalized spacial score (nSPS) is 10.9. The summed E-state index contributed by atoms with van der Waals surface area (Å²) >= 11 is 5.57. The molecule has 90 valence electrons. The third-order valence-electron chi connectivity index (χ3n) is 2.82. The van der Waals surface area contributed by atoms with Gasteiger partial charge in [0, 0.05) is 19.3 Å². The highest BCUT2D eigenvalue weighted by atomic mass is 35.5. The van der Waals surface area contributed by atoms with E-state index in [1.807, 2.05) is 35.9 Å². The van der Waals surface area contributed by atoms with E-state index in [-0.39, 0.29) is 5.78 Å². The van der Waals surface area contributed by atoms with Crippen LogP contribution in [-0.4, -0.2) is 21.2 Å². The number of benzene rings is 1. The number of carbonyl (C=O) groups is 1. The van der Waals surface area contributed by atoms with E-state index in [1.54, 1.807) is 0 Å². The molecule has 0 aliphatic heterocycles. The molecule has 0 saturated carbocycles. The molecule has 0 bridgehead atoms. The number of hydrogen-bond donors (Lipinski definition) is 0. The Kier molecular flexibility index (Phi) is 3.79. The topological polar surface area (TPSA) is 34.9 Å². The van der Waals surface area contributed by atoms with Gasteiger partial charge in [-0.2, -0.15) is 0 Å². The molecule has 4 heteroatoms. The monoisotopic (exact) mass is 250 g/mol. The van der Waals surface area contributed by atoms with Crippen LogP contribution < -0.4 is 0 Å². The van der Waals surface area contributed by atoms with Gasteiger partial charge in [0.1, 0.15) is 11.6 Å². The molecular weight excluding hydrogens is 236 g/mol. The average molecular weight is 251 g/mol. The van der Waals surface area contributed by atoms with Crippen LogP contribution in [0.4, 0.5) is 0 Å². The number of nitrogens with zero attached hydrogens (tertiary/aromatic N) is 2. The first-order valence-electron chi connectivity index (χ1n) is 5.70. The third kappa shape index (κ3) is 2.67. The summed E-state index contributed by atoms with van der Waals surface area (Å²) in [5.41, 5.74) is 2.00. The lowest BCUT2D eigenvalue weighted by molar-refractivity contribution is -0.118. The van der Waals surface area contributed by atoms with Gasteiger partial charge in [0.15, 0.2) is 0 Å². The molecule has 0 N–H and O–H groups in total. The summed E-state index contributed by atoms with van der Waals surface area (Å²) in [6.07, 6.45) is 1.67.